The molecule has 8 heteroatoms. The lowest BCUT2D eigenvalue weighted by Crippen LogP contribution is -2.42. The number of aliphatic hydroxyl groups is 1. The number of hydrogen-bond donors (Lipinski definition) is 4. The number of carbonyl (C=O) groups excluding carboxylic acids is 1. The third-order valence-corrected chi connectivity index (χ3v) is 3.76. The van der Waals surface area contributed by atoms with Gasteiger partial charge in [-0.2, -0.15) is 11.8 Å². The average Bonchev–Trinajstić information content (AvgIpc) is 2.28. The molecule has 1 aromatic heterocycles. The first-order valence-electron chi connectivity index (χ1n) is 5.71. The van der Waals surface area contributed by atoms with E-state index in [1.54, 1.807) is 6.92 Å². The zero-order valence-electron chi connectivity index (χ0n) is 10.7. The summed E-state index contributed by atoms with van der Waals surface area (Å²) in [4.78, 5) is 38.3. The van der Waals surface area contributed by atoms with E-state index in [0.29, 0.717) is 0 Å². The van der Waals surface area contributed by atoms with Crippen LogP contribution in [0.2, 0.25) is 0 Å². The standard InChI is InChI=1S/C11H17N3O4S/c1-6(8(5-15)19-2)12-9(16)3-7-4-10(17)14-11(18)13-7/h4,6,8,15H,3,5H2,1-2H3,(H,12,16)(H2,13,14,17,18). The third-order valence-electron chi connectivity index (χ3n) is 2.60. The fourth-order valence-corrected chi connectivity index (χ4v) is 2.25. The molecule has 0 spiro atoms. The summed E-state index contributed by atoms with van der Waals surface area (Å²) in [6, 6.07) is 0.963. The van der Waals surface area contributed by atoms with Crippen molar-refractivity contribution in [3.63, 3.8) is 0 Å². The molecule has 0 aliphatic carbocycles. The van der Waals surface area contributed by atoms with Crippen LogP contribution in [0.5, 0.6) is 0 Å². The van der Waals surface area contributed by atoms with Crippen LogP contribution in [0.15, 0.2) is 15.7 Å². The Hall–Kier alpha value is -1.54. The Kier molecular flexibility index (Phi) is 5.84. The van der Waals surface area contributed by atoms with Gasteiger partial charge in [0.05, 0.1) is 13.0 Å². The van der Waals surface area contributed by atoms with E-state index < -0.39 is 11.2 Å². The Bertz CT molecular complexity index is 507. The van der Waals surface area contributed by atoms with E-state index in [1.165, 1.54) is 17.8 Å². The van der Waals surface area contributed by atoms with Crippen molar-refractivity contribution in [3.05, 3.63) is 32.6 Å². The maximum atomic E-state index is 11.7. The fourth-order valence-electron chi connectivity index (χ4n) is 1.62. The number of aromatic nitrogens is 2. The van der Waals surface area contributed by atoms with Gasteiger partial charge < -0.3 is 15.4 Å². The number of rotatable bonds is 6. The van der Waals surface area contributed by atoms with Crippen molar-refractivity contribution in [1.29, 1.82) is 0 Å². The first-order chi connectivity index (χ1) is 8.96. The second-order valence-corrected chi connectivity index (χ2v) is 5.18. The molecule has 0 fully saturated rings. The van der Waals surface area contributed by atoms with Gasteiger partial charge >= 0.3 is 5.69 Å². The van der Waals surface area contributed by atoms with E-state index in [9.17, 15) is 14.4 Å². The lowest BCUT2D eigenvalue weighted by molar-refractivity contribution is -0.121. The van der Waals surface area contributed by atoms with E-state index in [2.05, 4.69) is 10.3 Å². The quantitative estimate of drug-likeness (QED) is 0.526. The minimum Gasteiger partial charge on any atom is -0.395 e. The molecule has 1 heterocycles. The summed E-state index contributed by atoms with van der Waals surface area (Å²) in [5, 5.41) is 11.7. The van der Waals surface area contributed by atoms with Crippen LogP contribution in [0.4, 0.5) is 0 Å². The zero-order valence-corrected chi connectivity index (χ0v) is 11.5. The molecule has 2 atom stereocenters. The molecule has 2 unspecified atom stereocenters. The molecule has 0 aliphatic heterocycles. The molecule has 0 aliphatic rings. The summed E-state index contributed by atoms with van der Waals surface area (Å²) in [5.41, 5.74) is -0.930. The van der Waals surface area contributed by atoms with Crippen LogP contribution >= 0.6 is 11.8 Å². The van der Waals surface area contributed by atoms with Crippen molar-refractivity contribution >= 4 is 17.7 Å². The molecule has 0 bridgehead atoms. The predicted octanol–water partition coefficient (Wildman–Crippen LogP) is -1.17. The maximum absolute atomic E-state index is 11.7. The summed E-state index contributed by atoms with van der Waals surface area (Å²) < 4.78 is 0. The lowest BCUT2D eigenvalue weighted by Gasteiger charge is -2.21. The second kappa shape index (κ2) is 7.15. The Labute approximate surface area is 113 Å². The van der Waals surface area contributed by atoms with E-state index in [1.807, 2.05) is 11.2 Å². The van der Waals surface area contributed by atoms with Crippen LogP contribution in [-0.2, 0) is 11.2 Å². The van der Waals surface area contributed by atoms with Crippen molar-refractivity contribution in [1.82, 2.24) is 15.3 Å². The van der Waals surface area contributed by atoms with E-state index >= 15 is 0 Å². The first kappa shape index (κ1) is 15.5. The molecule has 1 rings (SSSR count). The van der Waals surface area contributed by atoms with Crippen molar-refractivity contribution in [2.24, 2.45) is 0 Å². The van der Waals surface area contributed by atoms with Crippen LogP contribution in [0.25, 0.3) is 0 Å². The molecule has 1 amide bonds. The fraction of sp³-hybridized carbons (Fsp3) is 0.545. The normalized spacial score (nSPS) is 13.8. The van der Waals surface area contributed by atoms with Gasteiger partial charge in [0.1, 0.15) is 0 Å². The van der Waals surface area contributed by atoms with Crippen molar-refractivity contribution in [2.75, 3.05) is 12.9 Å². The van der Waals surface area contributed by atoms with Gasteiger partial charge in [-0.3, -0.25) is 14.6 Å². The Morgan fingerprint density at radius 1 is 1.47 bits per heavy atom. The molecule has 1 aromatic rings. The highest BCUT2D eigenvalue weighted by Crippen LogP contribution is 2.10. The number of thioether (sulfide) groups is 1. The summed E-state index contributed by atoms with van der Waals surface area (Å²) in [7, 11) is 0. The van der Waals surface area contributed by atoms with Crippen molar-refractivity contribution in [3.8, 4) is 0 Å². The summed E-state index contributed by atoms with van der Waals surface area (Å²) >= 11 is 1.45. The lowest BCUT2D eigenvalue weighted by atomic mass is 10.2. The van der Waals surface area contributed by atoms with E-state index in [-0.39, 0.29) is 35.9 Å². The monoisotopic (exact) mass is 287 g/mol. The number of carbonyl (C=O) groups is 1. The number of aromatic amines is 2. The minimum absolute atomic E-state index is 0.0373. The molecule has 0 radical (unpaired) electrons. The topological polar surface area (TPSA) is 115 Å². The first-order valence-corrected chi connectivity index (χ1v) is 7.00. The predicted molar refractivity (Wildman–Crippen MR) is 73.4 cm³/mol. The number of aliphatic hydroxyl groups excluding tert-OH is 1. The SMILES string of the molecule is CSC(CO)C(C)NC(=O)Cc1cc(=O)[nH]c(=O)[nH]1. The highest BCUT2D eigenvalue weighted by Gasteiger charge is 2.17. The second-order valence-electron chi connectivity index (χ2n) is 4.10. The Morgan fingerprint density at radius 2 is 2.16 bits per heavy atom. The van der Waals surface area contributed by atoms with E-state index in [4.69, 9.17) is 5.11 Å². The number of nitrogens with one attached hydrogen (secondary N) is 3. The number of amides is 1. The van der Waals surface area contributed by atoms with Gasteiger partial charge in [-0.05, 0) is 13.2 Å². The van der Waals surface area contributed by atoms with Gasteiger partial charge in [-0.25, -0.2) is 4.79 Å². The molecule has 0 saturated heterocycles. The molecule has 0 saturated carbocycles. The molecule has 19 heavy (non-hydrogen) atoms. The van der Waals surface area contributed by atoms with Crippen LogP contribution in [0.3, 0.4) is 0 Å². The zero-order chi connectivity index (χ0) is 14.4. The molecule has 0 aromatic carbocycles. The highest BCUT2D eigenvalue weighted by molar-refractivity contribution is 7.99. The van der Waals surface area contributed by atoms with Gasteiger partial charge in [0.2, 0.25) is 5.91 Å². The van der Waals surface area contributed by atoms with Crippen LogP contribution in [0, 0.1) is 0 Å². The van der Waals surface area contributed by atoms with Gasteiger partial charge in [0.25, 0.3) is 5.56 Å². The van der Waals surface area contributed by atoms with Gasteiger partial charge in [-0.1, -0.05) is 0 Å². The van der Waals surface area contributed by atoms with Gasteiger partial charge in [0.15, 0.2) is 0 Å². The average molecular weight is 287 g/mol. The minimum atomic E-state index is -0.638. The summed E-state index contributed by atoms with van der Waals surface area (Å²) in [6.45, 7) is 1.75. The number of H-pyrrole nitrogens is 2. The molecular weight excluding hydrogens is 270 g/mol. The summed E-state index contributed by atoms with van der Waals surface area (Å²) in [5.74, 6) is -0.318. The van der Waals surface area contributed by atoms with Crippen LogP contribution < -0.4 is 16.6 Å². The largest absolute Gasteiger partial charge is 0.395 e. The highest BCUT2D eigenvalue weighted by atomic mass is 32.2. The van der Waals surface area contributed by atoms with Crippen molar-refractivity contribution in [2.45, 2.75) is 24.6 Å². The molecular formula is C11H17N3O4S. The van der Waals surface area contributed by atoms with Crippen LogP contribution in [0.1, 0.15) is 12.6 Å². The van der Waals surface area contributed by atoms with Crippen molar-refractivity contribution < 1.29 is 9.90 Å². The Balaban J connectivity index is 2.65. The smallest absolute Gasteiger partial charge is 0.325 e. The van der Waals surface area contributed by atoms with Gasteiger partial charge in [0, 0.05) is 23.1 Å². The van der Waals surface area contributed by atoms with Gasteiger partial charge in [-0.15, -0.1) is 0 Å². The summed E-state index contributed by atoms with van der Waals surface area (Å²) in [6.07, 6.45) is 1.76. The third kappa shape index (κ3) is 4.92. The van der Waals surface area contributed by atoms with Crippen LogP contribution in [-0.4, -0.2) is 45.1 Å². The Morgan fingerprint density at radius 3 is 2.68 bits per heavy atom. The van der Waals surface area contributed by atoms with E-state index in [0.717, 1.165) is 0 Å². The molecule has 106 valence electrons. The molecule has 7 nitrogen and oxygen atoms in total. The maximum Gasteiger partial charge on any atom is 0.325 e. The molecule has 4 N–H and O–H groups in total. The number of hydrogen-bond acceptors (Lipinski definition) is 5.